The van der Waals surface area contributed by atoms with Crippen molar-refractivity contribution in [1.29, 1.82) is 0 Å². The molecular formula is C20H29NO2. The third kappa shape index (κ3) is 9.56. The average molecular weight is 315 g/mol. The highest BCUT2D eigenvalue weighted by atomic mass is 16.5. The molecule has 0 heterocycles. The molecular weight excluding hydrogens is 286 g/mol. The Morgan fingerprint density at radius 3 is 2.48 bits per heavy atom. The highest BCUT2D eigenvalue weighted by Gasteiger charge is 2.12. The predicted molar refractivity (Wildman–Crippen MR) is 96.3 cm³/mol. The molecule has 126 valence electrons. The molecule has 23 heavy (non-hydrogen) atoms. The van der Waals surface area contributed by atoms with E-state index in [1.54, 1.807) is 0 Å². The lowest BCUT2D eigenvalue weighted by atomic mass is 10.0. The molecule has 0 aliphatic carbocycles. The number of benzene rings is 1. The third-order valence-corrected chi connectivity index (χ3v) is 3.71. The Kier molecular flexibility index (Phi) is 10.3. The molecule has 0 saturated heterocycles. The molecule has 0 aromatic heterocycles. The van der Waals surface area contributed by atoms with Crippen molar-refractivity contribution in [2.75, 3.05) is 0 Å². The van der Waals surface area contributed by atoms with Gasteiger partial charge >= 0.3 is 6.09 Å². The number of hydrogen-bond donors (Lipinski definition) is 1. The first-order valence-corrected chi connectivity index (χ1v) is 8.45. The molecule has 1 aromatic carbocycles. The first-order valence-electron chi connectivity index (χ1n) is 8.45. The van der Waals surface area contributed by atoms with E-state index in [0.717, 1.165) is 50.5 Å². The smallest absolute Gasteiger partial charge is 0.407 e. The van der Waals surface area contributed by atoms with Crippen molar-refractivity contribution >= 4 is 6.09 Å². The summed E-state index contributed by atoms with van der Waals surface area (Å²) in [4.78, 5) is 12.0. The van der Waals surface area contributed by atoms with Gasteiger partial charge in [-0.2, -0.15) is 0 Å². The van der Waals surface area contributed by atoms with Crippen molar-refractivity contribution in [3.63, 3.8) is 0 Å². The molecule has 3 nitrogen and oxygen atoms in total. The number of carbonyl (C=O) groups is 1. The standard InChI is InChI=1S/C20H29NO2/c1-3-5-7-8-12-16-19(15-6-4-2)21-20(22)23-17-18-13-10-9-11-14-18/h3-4,9-11,13-14,19H,1-2,5-8,12,15-17H2,(H,21,22)/t19-/m0/s1. The van der Waals surface area contributed by atoms with Gasteiger partial charge in [0.2, 0.25) is 0 Å². The summed E-state index contributed by atoms with van der Waals surface area (Å²) in [7, 11) is 0. The van der Waals surface area contributed by atoms with Crippen molar-refractivity contribution in [2.24, 2.45) is 0 Å². The quantitative estimate of drug-likeness (QED) is 0.415. The van der Waals surface area contributed by atoms with Gasteiger partial charge in [-0.15, -0.1) is 13.2 Å². The van der Waals surface area contributed by atoms with Crippen LogP contribution in [0.4, 0.5) is 4.79 Å². The minimum absolute atomic E-state index is 0.153. The van der Waals surface area contributed by atoms with E-state index in [-0.39, 0.29) is 12.1 Å². The summed E-state index contributed by atoms with van der Waals surface area (Å²) < 4.78 is 5.29. The lowest BCUT2D eigenvalue weighted by Gasteiger charge is -2.18. The zero-order chi connectivity index (χ0) is 16.8. The molecule has 0 aliphatic rings. The Balaban J connectivity index is 2.31. The molecule has 0 bridgehead atoms. The number of alkyl carbamates (subject to hydrolysis) is 1. The summed E-state index contributed by atoms with van der Waals surface area (Å²) in [5, 5.41) is 2.98. The Labute approximate surface area is 140 Å². The Bertz CT molecular complexity index is 456. The Morgan fingerprint density at radius 2 is 1.78 bits per heavy atom. The molecule has 3 heteroatoms. The molecule has 0 aliphatic heterocycles. The molecule has 0 unspecified atom stereocenters. The number of carbonyl (C=O) groups excluding carboxylic acids is 1. The largest absolute Gasteiger partial charge is 0.445 e. The van der Waals surface area contributed by atoms with Gasteiger partial charge in [0.15, 0.2) is 0 Å². The van der Waals surface area contributed by atoms with E-state index in [2.05, 4.69) is 18.5 Å². The van der Waals surface area contributed by atoms with Crippen LogP contribution in [0.1, 0.15) is 50.5 Å². The van der Waals surface area contributed by atoms with Crippen LogP contribution in [0.15, 0.2) is 55.6 Å². The summed E-state index contributed by atoms with van der Waals surface area (Å²) in [6.07, 6.45) is 10.8. The molecule has 1 amide bonds. The molecule has 1 rings (SSSR count). The van der Waals surface area contributed by atoms with Crippen molar-refractivity contribution in [2.45, 2.75) is 57.6 Å². The van der Waals surface area contributed by atoms with Crippen molar-refractivity contribution in [3.05, 3.63) is 61.2 Å². The third-order valence-electron chi connectivity index (χ3n) is 3.71. The summed E-state index contributed by atoms with van der Waals surface area (Å²) >= 11 is 0. The SMILES string of the molecule is C=CCCCCC[C@H](CCC=C)NC(=O)OCc1ccccc1. The van der Waals surface area contributed by atoms with E-state index in [1.807, 2.05) is 42.5 Å². The van der Waals surface area contributed by atoms with Gasteiger partial charge in [-0.3, -0.25) is 0 Å². The maximum Gasteiger partial charge on any atom is 0.407 e. The Hall–Kier alpha value is -2.03. The van der Waals surface area contributed by atoms with E-state index in [0.29, 0.717) is 6.61 Å². The van der Waals surface area contributed by atoms with Gasteiger partial charge in [0.25, 0.3) is 0 Å². The van der Waals surface area contributed by atoms with Gasteiger partial charge in [-0.1, -0.05) is 55.3 Å². The molecule has 0 radical (unpaired) electrons. The first-order chi connectivity index (χ1) is 11.3. The predicted octanol–water partition coefficient (Wildman–Crippen LogP) is 5.38. The van der Waals surface area contributed by atoms with Crippen LogP contribution >= 0.6 is 0 Å². The number of hydrogen-bond acceptors (Lipinski definition) is 2. The van der Waals surface area contributed by atoms with Gasteiger partial charge in [-0.25, -0.2) is 4.79 Å². The zero-order valence-corrected chi connectivity index (χ0v) is 14.0. The van der Waals surface area contributed by atoms with Crippen molar-refractivity contribution < 1.29 is 9.53 Å². The topological polar surface area (TPSA) is 38.3 Å². The van der Waals surface area contributed by atoms with Crippen LogP contribution in [0.5, 0.6) is 0 Å². The zero-order valence-electron chi connectivity index (χ0n) is 14.0. The van der Waals surface area contributed by atoms with E-state index in [9.17, 15) is 4.79 Å². The number of allylic oxidation sites excluding steroid dienone is 2. The van der Waals surface area contributed by atoms with E-state index >= 15 is 0 Å². The van der Waals surface area contributed by atoms with Crippen LogP contribution in [0.25, 0.3) is 0 Å². The minimum atomic E-state index is -0.339. The monoisotopic (exact) mass is 315 g/mol. The van der Waals surface area contributed by atoms with Crippen molar-refractivity contribution in [3.8, 4) is 0 Å². The fraction of sp³-hybridized carbons (Fsp3) is 0.450. The second-order valence-electron chi connectivity index (χ2n) is 5.70. The van der Waals surface area contributed by atoms with Crippen LogP contribution in [0.2, 0.25) is 0 Å². The van der Waals surface area contributed by atoms with E-state index in [1.165, 1.54) is 0 Å². The minimum Gasteiger partial charge on any atom is -0.445 e. The van der Waals surface area contributed by atoms with Gasteiger partial charge < -0.3 is 10.1 Å². The van der Waals surface area contributed by atoms with Gasteiger partial charge in [0, 0.05) is 6.04 Å². The van der Waals surface area contributed by atoms with E-state index < -0.39 is 0 Å². The van der Waals surface area contributed by atoms with Crippen LogP contribution in [0.3, 0.4) is 0 Å². The molecule has 0 spiro atoms. The average Bonchev–Trinajstić information content (AvgIpc) is 2.58. The lowest BCUT2D eigenvalue weighted by Crippen LogP contribution is -2.35. The maximum absolute atomic E-state index is 12.0. The number of ether oxygens (including phenoxy) is 1. The normalized spacial score (nSPS) is 11.5. The molecule has 1 aromatic rings. The number of unbranched alkanes of at least 4 members (excludes halogenated alkanes) is 3. The van der Waals surface area contributed by atoms with Crippen molar-refractivity contribution in [1.82, 2.24) is 5.32 Å². The molecule has 0 saturated carbocycles. The Morgan fingerprint density at radius 1 is 1.04 bits per heavy atom. The lowest BCUT2D eigenvalue weighted by molar-refractivity contribution is 0.134. The second kappa shape index (κ2) is 12.5. The molecule has 1 atom stereocenters. The first kappa shape index (κ1) is 19.0. The second-order valence-corrected chi connectivity index (χ2v) is 5.70. The number of amides is 1. The van der Waals surface area contributed by atoms with E-state index in [4.69, 9.17) is 4.74 Å². The van der Waals surface area contributed by atoms with Crippen LogP contribution < -0.4 is 5.32 Å². The summed E-state index contributed by atoms with van der Waals surface area (Å²) in [6, 6.07) is 9.87. The highest BCUT2D eigenvalue weighted by Crippen LogP contribution is 2.11. The summed E-state index contributed by atoms with van der Waals surface area (Å²) in [6.45, 7) is 7.79. The molecule has 0 fully saturated rings. The van der Waals surface area contributed by atoms with Gasteiger partial charge in [-0.05, 0) is 37.7 Å². The highest BCUT2D eigenvalue weighted by molar-refractivity contribution is 5.67. The summed E-state index contributed by atoms with van der Waals surface area (Å²) in [5.41, 5.74) is 0.995. The van der Waals surface area contributed by atoms with Crippen LogP contribution in [0, 0.1) is 0 Å². The number of rotatable bonds is 12. The molecule has 1 N–H and O–H groups in total. The maximum atomic E-state index is 12.0. The van der Waals surface area contributed by atoms with Crippen LogP contribution in [-0.4, -0.2) is 12.1 Å². The van der Waals surface area contributed by atoms with Gasteiger partial charge in [0.1, 0.15) is 6.61 Å². The fourth-order valence-corrected chi connectivity index (χ4v) is 2.40. The fourth-order valence-electron chi connectivity index (χ4n) is 2.40. The number of nitrogens with one attached hydrogen (secondary N) is 1. The van der Waals surface area contributed by atoms with Crippen LogP contribution in [-0.2, 0) is 11.3 Å². The summed E-state index contributed by atoms with van der Waals surface area (Å²) in [5.74, 6) is 0. The van der Waals surface area contributed by atoms with Gasteiger partial charge in [0.05, 0.1) is 0 Å².